The number of fused-ring (bicyclic) bond motifs is 1. The van der Waals surface area contributed by atoms with Crippen molar-refractivity contribution in [3.8, 4) is 11.5 Å². The van der Waals surface area contributed by atoms with Gasteiger partial charge in [0.2, 0.25) is 0 Å². The summed E-state index contributed by atoms with van der Waals surface area (Å²) in [6.07, 6.45) is 0. The van der Waals surface area contributed by atoms with Gasteiger partial charge in [0.25, 0.3) is 5.91 Å². The summed E-state index contributed by atoms with van der Waals surface area (Å²) < 4.78 is 11.5. The monoisotopic (exact) mass is 391 g/mol. The Morgan fingerprint density at radius 2 is 1.71 bits per heavy atom. The summed E-state index contributed by atoms with van der Waals surface area (Å²) in [5.41, 5.74) is 3.05. The van der Waals surface area contributed by atoms with Gasteiger partial charge in [0, 0.05) is 16.6 Å². The lowest BCUT2D eigenvalue weighted by molar-refractivity contribution is 0.0998. The van der Waals surface area contributed by atoms with E-state index >= 15 is 0 Å². The number of carbonyl (C=O) groups is 1. The van der Waals surface area contributed by atoms with Crippen LogP contribution >= 0.6 is 11.6 Å². The molecule has 4 rings (SSSR count). The third kappa shape index (κ3) is 3.59. The Bertz CT molecular complexity index is 1160. The lowest BCUT2D eigenvalue weighted by atomic mass is 10.1. The number of rotatable bonds is 4. The van der Waals surface area contributed by atoms with Crippen LogP contribution in [0.5, 0.6) is 11.5 Å². The smallest absolute Gasteiger partial charge is 0.291 e. The first-order valence-electron chi connectivity index (χ1n) is 8.85. The SMILES string of the molecule is Cc1cccc(Oc2ccc(NC(=O)c3oc4c(Cl)cccc4c3C)cc2)c1. The van der Waals surface area contributed by atoms with Gasteiger partial charge in [0.15, 0.2) is 11.3 Å². The molecule has 5 heteroatoms. The Hall–Kier alpha value is -3.24. The lowest BCUT2D eigenvalue weighted by Crippen LogP contribution is -2.11. The summed E-state index contributed by atoms with van der Waals surface area (Å²) in [6, 6.07) is 20.5. The molecule has 0 radical (unpaired) electrons. The second-order valence-corrected chi connectivity index (χ2v) is 6.98. The molecular formula is C23H18ClNO3. The third-order valence-electron chi connectivity index (χ3n) is 4.46. The molecule has 0 aliphatic carbocycles. The molecule has 0 spiro atoms. The number of para-hydroxylation sites is 1. The van der Waals surface area contributed by atoms with E-state index < -0.39 is 0 Å². The van der Waals surface area contributed by atoms with Crippen LogP contribution in [0.15, 0.2) is 71.1 Å². The summed E-state index contributed by atoms with van der Waals surface area (Å²) in [4.78, 5) is 12.7. The van der Waals surface area contributed by atoms with Crippen molar-refractivity contribution in [3.63, 3.8) is 0 Å². The number of halogens is 1. The zero-order chi connectivity index (χ0) is 19.7. The predicted octanol–water partition coefficient (Wildman–Crippen LogP) is 6.75. The lowest BCUT2D eigenvalue weighted by Gasteiger charge is -2.08. The van der Waals surface area contributed by atoms with Crippen LogP contribution in [0.1, 0.15) is 21.7 Å². The van der Waals surface area contributed by atoms with Crippen molar-refractivity contribution in [3.05, 3.63) is 88.6 Å². The van der Waals surface area contributed by atoms with Crippen molar-refractivity contribution in [1.29, 1.82) is 0 Å². The standard InChI is InChI=1S/C23H18ClNO3/c1-14-5-3-6-18(13-14)27-17-11-9-16(10-12-17)25-23(26)21-15(2)19-7-4-8-20(24)22(19)28-21/h3-13H,1-2H3,(H,25,26). The predicted molar refractivity (Wildman–Crippen MR) is 112 cm³/mol. The first kappa shape index (κ1) is 18.1. The number of furan rings is 1. The van der Waals surface area contributed by atoms with E-state index in [0.29, 0.717) is 22.0 Å². The minimum Gasteiger partial charge on any atom is -0.457 e. The van der Waals surface area contributed by atoms with Crippen molar-refractivity contribution < 1.29 is 13.9 Å². The number of ether oxygens (including phenoxy) is 1. The van der Waals surface area contributed by atoms with Crippen LogP contribution in [0.25, 0.3) is 11.0 Å². The fourth-order valence-electron chi connectivity index (χ4n) is 3.03. The summed E-state index contributed by atoms with van der Waals surface area (Å²) >= 11 is 6.16. The summed E-state index contributed by atoms with van der Waals surface area (Å²) in [6.45, 7) is 3.86. The summed E-state index contributed by atoms with van der Waals surface area (Å²) in [5, 5.41) is 4.16. The topological polar surface area (TPSA) is 51.5 Å². The number of nitrogens with one attached hydrogen (secondary N) is 1. The Balaban J connectivity index is 1.51. The average Bonchev–Trinajstić information content (AvgIpc) is 3.02. The van der Waals surface area contributed by atoms with Crippen molar-refractivity contribution in [1.82, 2.24) is 0 Å². The quantitative estimate of drug-likeness (QED) is 0.418. The first-order valence-corrected chi connectivity index (χ1v) is 9.22. The summed E-state index contributed by atoms with van der Waals surface area (Å²) in [7, 11) is 0. The van der Waals surface area contributed by atoms with E-state index in [9.17, 15) is 4.79 Å². The van der Waals surface area contributed by atoms with E-state index in [4.69, 9.17) is 20.8 Å². The van der Waals surface area contributed by atoms with Crippen molar-refractivity contribution in [2.45, 2.75) is 13.8 Å². The maximum absolute atomic E-state index is 12.7. The number of anilines is 1. The molecule has 0 aliphatic heterocycles. The molecule has 1 N–H and O–H groups in total. The fourth-order valence-corrected chi connectivity index (χ4v) is 3.25. The maximum atomic E-state index is 12.7. The minimum absolute atomic E-state index is 0.253. The molecule has 3 aromatic carbocycles. The molecule has 0 fully saturated rings. The molecule has 0 aliphatic rings. The van der Waals surface area contributed by atoms with Crippen molar-refractivity contribution in [2.75, 3.05) is 5.32 Å². The van der Waals surface area contributed by atoms with Gasteiger partial charge in [-0.15, -0.1) is 0 Å². The Morgan fingerprint density at radius 1 is 0.964 bits per heavy atom. The van der Waals surface area contributed by atoms with Gasteiger partial charge in [-0.1, -0.05) is 35.9 Å². The van der Waals surface area contributed by atoms with Crippen molar-refractivity contribution >= 4 is 34.2 Å². The molecule has 1 heterocycles. The molecule has 0 saturated carbocycles. The van der Waals surface area contributed by atoms with Crippen LogP contribution < -0.4 is 10.1 Å². The zero-order valence-electron chi connectivity index (χ0n) is 15.5. The second kappa shape index (κ2) is 7.41. The minimum atomic E-state index is -0.322. The molecule has 4 aromatic rings. The Morgan fingerprint density at radius 3 is 2.43 bits per heavy atom. The van der Waals surface area contributed by atoms with Gasteiger partial charge < -0.3 is 14.5 Å². The largest absolute Gasteiger partial charge is 0.457 e. The van der Waals surface area contributed by atoms with Crippen LogP contribution in [-0.4, -0.2) is 5.91 Å². The van der Waals surface area contributed by atoms with Crippen LogP contribution in [0, 0.1) is 13.8 Å². The van der Waals surface area contributed by atoms with E-state index in [1.165, 1.54) is 0 Å². The normalized spacial score (nSPS) is 10.8. The van der Waals surface area contributed by atoms with E-state index in [2.05, 4.69) is 5.32 Å². The maximum Gasteiger partial charge on any atom is 0.291 e. The third-order valence-corrected chi connectivity index (χ3v) is 4.76. The van der Waals surface area contributed by atoms with E-state index in [1.807, 2.05) is 50.2 Å². The molecule has 0 bridgehead atoms. The average molecular weight is 392 g/mol. The van der Waals surface area contributed by atoms with Crippen LogP contribution in [0.3, 0.4) is 0 Å². The molecule has 28 heavy (non-hydrogen) atoms. The van der Waals surface area contributed by atoms with Gasteiger partial charge in [-0.3, -0.25) is 4.79 Å². The highest BCUT2D eigenvalue weighted by Crippen LogP contribution is 2.31. The number of hydrogen-bond acceptors (Lipinski definition) is 3. The number of amides is 1. The highest BCUT2D eigenvalue weighted by molar-refractivity contribution is 6.35. The zero-order valence-corrected chi connectivity index (χ0v) is 16.2. The molecular weight excluding hydrogens is 374 g/mol. The molecule has 0 unspecified atom stereocenters. The van der Waals surface area contributed by atoms with Gasteiger partial charge >= 0.3 is 0 Å². The first-order chi connectivity index (χ1) is 13.5. The van der Waals surface area contributed by atoms with E-state index in [-0.39, 0.29) is 11.7 Å². The van der Waals surface area contributed by atoms with Crippen molar-refractivity contribution in [2.24, 2.45) is 0 Å². The Labute approximate surface area is 167 Å². The van der Waals surface area contributed by atoms with Crippen LogP contribution in [-0.2, 0) is 0 Å². The van der Waals surface area contributed by atoms with Crippen LogP contribution in [0.4, 0.5) is 5.69 Å². The van der Waals surface area contributed by atoms with Gasteiger partial charge in [0.05, 0.1) is 5.02 Å². The molecule has 4 nitrogen and oxygen atoms in total. The highest BCUT2D eigenvalue weighted by atomic mass is 35.5. The second-order valence-electron chi connectivity index (χ2n) is 6.57. The number of aryl methyl sites for hydroxylation is 2. The molecule has 1 aromatic heterocycles. The van der Waals surface area contributed by atoms with E-state index in [0.717, 1.165) is 22.3 Å². The summed E-state index contributed by atoms with van der Waals surface area (Å²) in [5.74, 6) is 1.39. The van der Waals surface area contributed by atoms with Gasteiger partial charge in [-0.05, 0) is 61.9 Å². The molecule has 1 amide bonds. The number of carbonyl (C=O) groups excluding carboxylic acids is 1. The van der Waals surface area contributed by atoms with Crippen LogP contribution in [0.2, 0.25) is 5.02 Å². The number of benzene rings is 3. The molecule has 0 atom stereocenters. The van der Waals surface area contributed by atoms with Gasteiger partial charge in [-0.2, -0.15) is 0 Å². The Kier molecular flexibility index (Phi) is 4.80. The molecule has 0 saturated heterocycles. The molecule has 140 valence electrons. The van der Waals surface area contributed by atoms with Gasteiger partial charge in [-0.25, -0.2) is 0 Å². The number of hydrogen-bond donors (Lipinski definition) is 1. The highest BCUT2D eigenvalue weighted by Gasteiger charge is 2.19. The van der Waals surface area contributed by atoms with E-state index in [1.54, 1.807) is 30.3 Å². The van der Waals surface area contributed by atoms with Gasteiger partial charge in [0.1, 0.15) is 11.5 Å². The fraction of sp³-hybridized carbons (Fsp3) is 0.0870.